The average molecular weight is 582 g/mol. The number of aromatic nitrogens is 2. The number of carboxylic acid groups (broad SMARTS) is 1. The maximum atomic E-state index is 12.4. The van der Waals surface area contributed by atoms with Crippen molar-refractivity contribution in [1.82, 2.24) is 14.9 Å². The predicted octanol–water partition coefficient (Wildman–Crippen LogP) is 6.58. The average Bonchev–Trinajstić information content (AvgIpc) is 3.45. The van der Waals surface area contributed by atoms with Crippen LogP contribution in [0.4, 0.5) is 11.4 Å². The molecule has 5 rings (SSSR count). The van der Waals surface area contributed by atoms with Crippen molar-refractivity contribution in [3.8, 4) is 5.69 Å². The number of nitrogens with one attached hydrogen (secondary N) is 2. The van der Waals surface area contributed by atoms with E-state index in [1.807, 2.05) is 77.1 Å². The first-order valence-corrected chi connectivity index (χ1v) is 14.3. The van der Waals surface area contributed by atoms with Gasteiger partial charge in [-0.2, -0.15) is 0 Å². The molecule has 1 amide bonds. The molecule has 3 heterocycles. The van der Waals surface area contributed by atoms with Crippen molar-refractivity contribution in [3.63, 3.8) is 0 Å². The van der Waals surface area contributed by atoms with Gasteiger partial charge in [0.1, 0.15) is 0 Å². The second-order valence-corrected chi connectivity index (χ2v) is 11.5. The number of hydrogen-bond donors (Lipinski definition) is 3. The zero-order valence-corrected chi connectivity index (χ0v) is 25.4. The molecule has 1 saturated heterocycles. The second-order valence-electron chi connectivity index (χ2n) is 11.1. The minimum Gasteiger partial charge on any atom is -0.478 e. The molecular weight excluding hydrogens is 546 g/mol. The van der Waals surface area contributed by atoms with Crippen LogP contribution in [0.1, 0.15) is 70.1 Å². The molecule has 0 saturated carbocycles. The van der Waals surface area contributed by atoms with Gasteiger partial charge in [0, 0.05) is 40.6 Å². The van der Waals surface area contributed by atoms with E-state index in [2.05, 4.69) is 38.1 Å². The van der Waals surface area contributed by atoms with Gasteiger partial charge in [-0.1, -0.05) is 26.0 Å². The molecule has 2 aromatic heterocycles. The molecule has 216 valence electrons. The van der Waals surface area contributed by atoms with E-state index in [4.69, 9.17) is 12.2 Å². The first-order valence-electron chi connectivity index (χ1n) is 13.9. The van der Waals surface area contributed by atoms with Crippen LogP contribution in [0.15, 0.2) is 66.9 Å². The van der Waals surface area contributed by atoms with Crippen LogP contribution in [0.3, 0.4) is 0 Å². The molecule has 3 N–H and O–H groups in total. The summed E-state index contributed by atoms with van der Waals surface area (Å²) in [5.41, 5.74) is 8.49. The van der Waals surface area contributed by atoms with Gasteiger partial charge in [-0.25, -0.2) is 4.79 Å². The van der Waals surface area contributed by atoms with Gasteiger partial charge < -0.3 is 25.2 Å². The maximum Gasteiger partial charge on any atom is 0.335 e. The Hall–Kier alpha value is -4.50. The number of carboxylic acids is 1. The fourth-order valence-corrected chi connectivity index (χ4v) is 5.95. The highest BCUT2D eigenvalue weighted by Crippen LogP contribution is 2.44. The van der Waals surface area contributed by atoms with Crippen molar-refractivity contribution in [2.45, 2.75) is 53.6 Å². The summed E-state index contributed by atoms with van der Waals surface area (Å²) in [5, 5.41) is 16.8. The number of aryl methyl sites for hydroxylation is 3. The Labute approximate surface area is 251 Å². The van der Waals surface area contributed by atoms with Gasteiger partial charge in [0.2, 0.25) is 5.91 Å². The summed E-state index contributed by atoms with van der Waals surface area (Å²) in [6, 6.07) is 18.6. The normalized spacial score (nSPS) is 16.5. The molecule has 0 radical (unpaired) electrons. The van der Waals surface area contributed by atoms with E-state index in [1.165, 1.54) is 0 Å². The third-order valence-corrected chi connectivity index (χ3v) is 8.17. The minimum atomic E-state index is -0.964. The molecule has 42 heavy (non-hydrogen) atoms. The van der Waals surface area contributed by atoms with Gasteiger partial charge in [-0.15, -0.1) is 0 Å². The van der Waals surface area contributed by atoms with Crippen LogP contribution < -0.4 is 15.5 Å². The van der Waals surface area contributed by atoms with E-state index in [0.717, 1.165) is 50.8 Å². The Morgan fingerprint density at radius 1 is 1.00 bits per heavy atom. The Morgan fingerprint density at radius 2 is 1.76 bits per heavy atom. The van der Waals surface area contributed by atoms with Crippen LogP contribution in [0.25, 0.3) is 5.69 Å². The Bertz CT molecular complexity index is 1700. The van der Waals surface area contributed by atoms with Crippen LogP contribution in [0, 0.1) is 33.6 Å². The molecule has 2 atom stereocenters. The van der Waals surface area contributed by atoms with E-state index in [0.29, 0.717) is 5.11 Å². The Balaban J connectivity index is 1.64. The molecule has 8 nitrogen and oxygen atoms in total. The van der Waals surface area contributed by atoms with Crippen molar-refractivity contribution in [2.75, 3.05) is 10.2 Å². The molecule has 1 fully saturated rings. The van der Waals surface area contributed by atoms with Crippen molar-refractivity contribution in [1.29, 1.82) is 0 Å². The fraction of sp³-hybridized carbons (Fsp3) is 0.273. The number of pyridine rings is 1. The lowest BCUT2D eigenvalue weighted by atomic mass is 9.96. The van der Waals surface area contributed by atoms with Gasteiger partial charge in [0.15, 0.2) is 5.11 Å². The molecule has 0 unspecified atom stereocenters. The smallest absolute Gasteiger partial charge is 0.335 e. The summed E-state index contributed by atoms with van der Waals surface area (Å²) in [5.74, 6) is -1.13. The predicted molar refractivity (Wildman–Crippen MR) is 170 cm³/mol. The number of aromatic carboxylic acids is 1. The number of anilines is 2. The summed E-state index contributed by atoms with van der Waals surface area (Å²) < 4.78 is 2.11. The molecule has 9 heteroatoms. The first kappa shape index (κ1) is 29.0. The quantitative estimate of drug-likeness (QED) is 0.212. The maximum absolute atomic E-state index is 12.4. The van der Waals surface area contributed by atoms with Crippen LogP contribution in [0.5, 0.6) is 0 Å². The van der Waals surface area contributed by atoms with Gasteiger partial charge in [0.05, 0.1) is 23.3 Å². The first-order chi connectivity index (χ1) is 20.0. The molecular formula is C33H35N5O3S. The molecule has 4 aromatic rings. The van der Waals surface area contributed by atoms with Crippen LogP contribution in [-0.4, -0.2) is 31.6 Å². The summed E-state index contributed by atoms with van der Waals surface area (Å²) >= 11 is 5.95. The molecule has 1 aliphatic heterocycles. The lowest BCUT2D eigenvalue weighted by Crippen LogP contribution is -2.29. The molecule has 2 aromatic carbocycles. The number of rotatable bonds is 7. The van der Waals surface area contributed by atoms with Gasteiger partial charge in [0.25, 0.3) is 0 Å². The lowest BCUT2D eigenvalue weighted by molar-refractivity contribution is -0.118. The number of nitrogens with zero attached hydrogens (tertiary/aromatic N) is 3. The standard InChI is InChI=1S/C33H35N5O3S/c1-18(2)31(39)35-26-13-12-24(15-20(26)4)38-30(29(36-33(38)42)27-9-7-8-14-34-27)25-16-21(5)37(22(25)6)28-17-23(32(40)41)11-10-19(28)3/h7-18,29-30H,1-6H3,(H,35,39)(H,36,42)(H,40,41)/t29-,30-/m1/s1. The number of thiocarbonyl (C=S) groups is 1. The number of amides is 1. The van der Waals surface area contributed by atoms with Crippen LogP contribution in [-0.2, 0) is 4.79 Å². The molecule has 0 spiro atoms. The summed E-state index contributed by atoms with van der Waals surface area (Å²) in [6.07, 6.45) is 1.78. The summed E-state index contributed by atoms with van der Waals surface area (Å²) in [4.78, 5) is 30.9. The third kappa shape index (κ3) is 5.27. The zero-order chi connectivity index (χ0) is 30.3. The van der Waals surface area contributed by atoms with E-state index >= 15 is 0 Å². The molecule has 0 bridgehead atoms. The molecule has 0 aliphatic carbocycles. The van der Waals surface area contributed by atoms with Crippen LogP contribution in [0.2, 0.25) is 0 Å². The Morgan fingerprint density at radius 3 is 2.40 bits per heavy atom. The summed E-state index contributed by atoms with van der Waals surface area (Å²) in [7, 11) is 0. The largest absolute Gasteiger partial charge is 0.478 e. The van der Waals surface area contributed by atoms with Crippen molar-refractivity contribution >= 4 is 40.6 Å². The second kappa shape index (κ2) is 11.4. The number of carbonyl (C=O) groups excluding carboxylic acids is 1. The number of hydrogen-bond acceptors (Lipinski definition) is 4. The van der Waals surface area contributed by atoms with Crippen molar-refractivity contribution in [2.24, 2.45) is 5.92 Å². The van der Waals surface area contributed by atoms with Crippen molar-refractivity contribution < 1.29 is 14.7 Å². The number of carbonyl (C=O) groups is 2. The Kier molecular flexibility index (Phi) is 7.88. The third-order valence-electron chi connectivity index (χ3n) is 7.85. The van der Waals surface area contributed by atoms with E-state index in [1.54, 1.807) is 18.3 Å². The van der Waals surface area contributed by atoms with Crippen LogP contribution >= 0.6 is 12.2 Å². The molecule has 1 aliphatic rings. The highest BCUT2D eigenvalue weighted by atomic mass is 32.1. The van der Waals surface area contributed by atoms with Gasteiger partial charge in [-0.05, 0) is 105 Å². The van der Waals surface area contributed by atoms with E-state index in [-0.39, 0.29) is 29.5 Å². The zero-order valence-electron chi connectivity index (χ0n) is 24.6. The van der Waals surface area contributed by atoms with Gasteiger partial charge >= 0.3 is 5.97 Å². The van der Waals surface area contributed by atoms with E-state index in [9.17, 15) is 14.7 Å². The minimum absolute atomic E-state index is 0.0352. The highest BCUT2D eigenvalue weighted by Gasteiger charge is 2.42. The van der Waals surface area contributed by atoms with Crippen molar-refractivity contribution in [3.05, 3.63) is 106 Å². The topological polar surface area (TPSA) is 99.5 Å². The summed E-state index contributed by atoms with van der Waals surface area (Å²) in [6.45, 7) is 11.8. The number of benzene rings is 2. The SMILES string of the molecule is Cc1cc(N2C(=S)N[C@H](c3ccccn3)[C@H]2c2cc(C)n(-c3cc(C(=O)O)ccc3C)c2C)ccc1NC(=O)C(C)C. The van der Waals surface area contributed by atoms with Gasteiger partial charge in [-0.3, -0.25) is 9.78 Å². The monoisotopic (exact) mass is 581 g/mol. The lowest BCUT2D eigenvalue weighted by Gasteiger charge is -2.29. The fourth-order valence-electron chi connectivity index (χ4n) is 5.61. The van der Waals surface area contributed by atoms with E-state index < -0.39 is 5.97 Å². The highest BCUT2D eigenvalue weighted by molar-refractivity contribution is 7.80.